The van der Waals surface area contributed by atoms with Gasteiger partial charge < -0.3 is 9.47 Å². The quantitative estimate of drug-likeness (QED) is 0.526. The topological polar surface area (TPSA) is 35.5 Å². The van der Waals surface area contributed by atoms with E-state index in [1.165, 1.54) is 0 Å². The first-order valence-electron chi connectivity index (χ1n) is 3.83. The lowest BCUT2D eigenvalue weighted by Gasteiger charge is -2.22. The molecule has 0 heterocycles. The highest BCUT2D eigenvalue weighted by Gasteiger charge is 2.16. The number of carbonyl (C=O) groups is 1. The Bertz CT molecular complexity index is 145. The third-order valence-corrected chi connectivity index (χ3v) is 1.91. The Morgan fingerprint density at radius 3 is 2.50 bits per heavy atom. The Labute approximate surface area is 78.8 Å². The monoisotopic (exact) mass is 192 g/mol. The molecule has 0 aliphatic carbocycles. The molecule has 0 unspecified atom stereocenters. The molecule has 0 aromatic heterocycles. The lowest BCUT2D eigenvalue weighted by molar-refractivity contribution is -0.141. The van der Waals surface area contributed by atoms with Gasteiger partial charge in [-0.05, 0) is 13.8 Å². The molecule has 0 N–H and O–H groups in total. The van der Waals surface area contributed by atoms with Gasteiger partial charge in [-0.15, -0.1) is 0 Å². The largest absolute Gasteiger partial charge is 0.465 e. The summed E-state index contributed by atoms with van der Waals surface area (Å²) in [7, 11) is 1.64. The van der Waals surface area contributed by atoms with Crippen LogP contribution in [0.25, 0.3) is 0 Å². The minimum atomic E-state index is -0.287. The molecule has 0 aliphatic heterocycles. The van der Waals surface area contributed by atoms with Gasteiger partial charge >= 0.3 is 5.97 Å². The molecule has 0 aromatic rings. The van der Waals surface area contributed by atoms with Gasteiger partial charge in [0.25, 0.3) is 0 Å². The molecule has 0 aliphatic rings. The maximum atomic E-state index is 10.6. The van der Waals surface area contributed by atoms with Crippen LogP contribution in [0.1, 0.15) is 20.3 Å². The summed E-state index contributed by atoms with van der Waals surface area (Å²) >= 11 is 3.78. The zero-order valence-electron chi connectivity index (χ0n) is 7.79. The lowest BCUT2D eigenvalue weighted by atomic mass is 10.1. The van der Waals surface area contributed by atoms with Crippen molar-refractivity contribution in [2.24, 2.45) is 0 Å². The number of hydrogen-bond donors (Lipinski definition) is 1. The summed E-state index contributed by atoms with van der Waals surface area (Å²) < 4.78 is 9.98. The first-order valence-corrected chi connectivity index (χ1v) is 4.47. The number of methoxy groups -OCH3 is 1. The van der Waals surface area contributed by atoms with Crippen LogP contribution in [0.4, 0.5) is 0 Å². The summed E-state index contributed by atoms with van der Waals surface area (Å²) in [6, 6.07) is 0. The molecule has 0 aromatic carbocycles. The number of hydrogen-bond acceptors (Lipinski definition) is 4. The third kappa shape index (κ3) is 5.43. The van der Waals surface area contributed by atoms with Crippen molar-refractivity contribution in [2.75, 3.05) is 19.5 Å². The minimum Gasteiger partial charge on any atom is -0.465 e. The van der Waals surface area contributed by atoms with E-state index >= 15 is 0 Å². The van der Waals surface area contributed by atoms with Gasteiger partial charge in [0.15, 0.2) is 0 Å². The molecule has 0 bridgehead atoms. The molecule has 12 heavy (non-hydrogen) atoms. The molecule has 4 heteroatoms. The Hall–Kier alpha value is -0.220. The highest BCUT2D eigenvalue weighted by molar-refractivity contribution is 7.81. The van der Waals surface area contributed by atoms with Crippen LogP contribution >= 0.6 is 12.6 Å². The van der Waals surface area contributed by atoms with Crippen molar-refractivity contribution in [1.82, 2.24) is 0 Å². The maximum absolute atomic E-state index is 10.6. The van der Waals surface area contributed by atoms with Crippen molar-refractivity contribution in [2.45, 2.75) is 25.9 Å². The Morgan fingerprint density at radius 1 is 1.50 bits per heavy atom. The number of ether oxygens (including phenoxy) is 2. The van der Waals surface area contributed by atoms with Gasteiger partial charge in [-0.1, -0.05) is 0 Å². The lowest BCUT2D eigenvalue weighted by Crippen LogP contribution is -2.25. The number of esters is 1. The Balaban J connectivity index is 3.49. The van der Waals surface area contributed by atoms with Crippen molar-refractivity contribution < 1.29 is 14.3 Å². The molecular weight excluding hydrogens is 176 g/mol. The van der Waals surface area contributed by atoms with Crippen LogP contribution in [0.3, 0.4) is 0 Å². The van der Waals surface area contributed by atoms with Gasteiger partial charge in [0.1, 0.15) is 0 Å². The van der Waals surface area contributed by atoms with Crippen molar-refractivity contribution in [3.8, 4) is 0 Å². The molecule has 72 valence electrons. The zero-order chi connectivity index (χ0) is 9.61. The molecule has 0 saturated carbocycles. The summed E-state index contributed by atoms with van der Waals surface area (Å²) in [5, 5.41) is 0. The molecule has 0 fully saturated rings. The fourth-order valence-corrected chi connectivity index (χ4v) is 0.650. The summed E-state index contributed by atoms with van der Waals surface area (Å²) in [5.41, 5.74) is -0.225. The third-order valence-electron chi connectivity index (χ3n) is 1.65. The summed E-state index contributed by atoms with van der Waals surface area (Å²) in [4.78, 5) is 10.6. The molecular formula is C8H16O3S. The molecule has 0 rings (SSSR count). The van der Waals surface area contributed by atoms with Crippen LogP contribution < -0.4 is 0 Å². The van der Waals surface area contributed by atoms with Crippen LogP contribution in [0, 0.1) is 0 Å². The van der Waals surface area contributed by atoms with Crippen LogP contribution in [0.15, 0.2) is 0 Å². The van der Waals surface area contributed by atoms with E-state index < -0.39 is 0 Å². The average Bonchev–Trinajstić information content (AvgIpc) is 2.04. The van der Waals surface area contributed by atoms with Crippen LogP contribution in [0.5, 0.6) is 0 Å². The predicted octanol–water partition coefficient (Wildman–Crippen LogP) is 1.27. The average molecular weight is 192 g/mol. The summed E-state index contributed by atoms with van der Waals surface area (Å²) in [6.07, 6.45) is 0.697. The second-order valence-corrected chi connectivity index (χ2v) is 3.41. The predicted molar refractivity (Wildman–Crippen MR) is 50.5 cm³/mol. The van der Waals surface area contributed by atoms with E-state index in [1.807, 2.05) is 13.8 Å². The van der Waals surface area contributed by atoms with Gasteiger partial charge in [-0.2, -0.15) is 12.6 Å². The molecule has 0 radical (unpaired) electrons. The standard InChI is InChI=1S/C8H16O3S/c1-8(2,10-3)4-5-11-7(9)6-12/h12H,4-6H2,1-3H3. The fraction of sp³-hybridized carbons (Fsp3) is 0.875. The highest BCUT2D eigenvalue weighted by Crippen LogP contribution is 2.12. The summed E-state index contributed by atoms with van der Waals surface area (Å²) in [5.74, 6) is -0.154. The SMILES string of the molecule is COC(C)(C)CCOC(=O)CS. The Morgan fingerprint density at radius 2 is 2.08 bits per heavy atom. The Kier molecular flexibility index (Phi) is 5.33. The van der Waals surface area contributed by atoms with Crippen molar-refractivity contribution in [3.63, 3.8) is 0 Å². The first-order chi connectivity index (χ1) is 5.52. The van der Waals surface area contributed by atoms with E-state index in [4.69, 9.17) is 9.47 Å². The molecule has 0 atom stereocenters. The molecule has 3 nitrogen and oxygen atoms in total. The molecule has 0 amide bonds. The van der Waals surface area contributed by atoms with Crippen LogP contribution in [-0.4, -0.2) is 31.0 Å². The van der Waals surface area contributed by atoms with Gasteiger partial charge in [-0.3, -0.25) is 4.79 Å². The van der Waals surface area contributed by atoms with Crippen LogP contribution in [-0.2, 0) is 14.3 Å². The van der Waals surface area contributed by atoms with Gasteiger partial charge in [0.2, 0.25) is 0 Å². The van der Waals surface area contributed by atoms with Crippen molar-refractivity contribution >= 4 is 18.6 Å². The van der Waals surface area contributed by atoms with E-state index in [0.29, 0.717) is 13.0 Å². The van der Waals surface area contributed by atoms with E-state index in [-0.39, 0.29) is 17.3 Å². The molecule has 0 saturated heterocycles. The molecule has 0 spiro atoms. The summed E-state index contributed by atoms with van der Waals surface area (Å²) in [6.45, 7) is 4.28. The highest BCUT2D eigenvalue weighted by atomic mass is 32.1. The van der Waals surface area contributed by atoms with Crippen LogP contribution in [0.2, 0.25) is 0 Å². The smallest absolute Gasteiger partial charge is 0.315 e. The zero-order valence-corrected chi connectivity index (χ0v) is 8.69. The van der Waals surface area contributed by atoms with E-state index in [0.717, 1.165) is 0 Å². The first kappa shape index (κ1) is 11.8. The maximum Gasteiger partial charge on any atom is 0.315 e. The van der Waals surface area contributed by atoms with Gasteiger partial charge in [0.05, 0.1) is 18.0 Å². The fourth-order valence-electron chi connectivity index (χ4n) is 0.558. The van der Waals surface area contributed by atoms with Gasteiger partial charge in [-0.25, -0.2) is 0 Å². The number of carbonyl (C=O) groups excluding carboxylic acids is 1. The second kappa shape index (κ2) is 5.43. The van der Waals surface area contributed by atoms with E-state index in [9.17, 15) is 4.79 Å². The van der Waals surface area contributed by atoms with E-state index in [1.54, 1.807) is 7.11 Å². The minimum absolute atomic E-state index is 0.132. The number of thiol groups is 1. The normalized spacial score (nSPS) is 11.3. The second-order valence-electron chi connectivity index (χ2n) is 3.09. The van der Waals surface area contributed by atoms with E-state index in [2.05, 4.69) is 12.6 Å². The number of rotatable bonds is 5. The van der Waals surface area contributed by atoms with Gasteiger partial charge in [0, 0.05) is 13.5 Å². The van der Waals surface area contributed by atoms with Crippen molar-refractivity contribution in [3.05, 3.63) is 0 Å². The van der Waals surface area contributed by atoms with Crippen molar-refractivity contribution in [1.29, 1.82) is 0 Å².